The molecule has 5 nitrogen and oxygen atoms in total. The highest BCUT2D eigenvalue weighted by molar-refractivity contribution is 5.74. The molecule has 2 saturated heterocycles. The molecule has 0 bridgehead atoms. The molecule has 0 aromatic heterocycles. The summed E-state index contributed by atoms with van der Waals surface area (Å²) in [4.78, 5) is 16.5. The summed E-state index contributed by atoms with van der Waals surface area (Å²) in [5.41, 5.74) is 2.77. The van der Waals surface area contributed by atoms with E-state index in [4.69, 9.17) is 4.74 Å². The third-order valence-electron chi connectivity index (χ3n) is 4.87. The Labute approximate surface area is 138 Å². The first-order valence-corrected chi connectivity index (χ1v) is 8.60. The Balaban J connectivity index is 1.41. The first kappa shape index (κ1) is 16.3. The number of carbonyl (C=O) groups excluding carboxylic acids is 1. The van der Waals surface area contributed by atoms with Crippen LogP contribution in [0.25, 0.3) is 0 Å². The molecule has 2 heterocycles. The van der Waals surface area contributed by atoms with E-state index in [0.29, 0.717) is 32.2 Å². The van der Waals surface area contributed by atoms with Crippen molar-refractivity contribution in [2.45, 2.75) is 19.9 Å². The van der Waals surface area contributed by atoms with Crippen LogP contribution < -0.4 is 5.32 Å². The average Bonchev–Trinajstić information content (AvgIpc) is 3.03. The fourth-order valence-electron chi connectivity index (χ4n) is 3.36. The quantitative estimate of drug-likeness (QED) is 0.922. The molecule has 3 rings (SSSR count). The van der Waals surface area contributed by atoms with E-state index in [1.807, 2.05) is 4.90 Å². The van der Waals surface area contributed by atoms with Crippen LogP contribution in [0.3, 0.4) is 0 Å². The van der Waals surface area contributed by atoms with Crippen LogP contribution in [-0.2, 0) is 11.3 Å². The van der Waals surface area contributed by atoms with Crippen molar-refractivity contribution in [3.63, 3.8) is 0 Å². The Morgan fingerprint density at radius 1 is 1.26 bits per heavy atom. The zero-order chi connectivity index (χ0) is 16.1. The molecule has 2 amide bonds. The second kappa shape index (κ2) is 7.79. The SMILES string of the molecule is Cc1ccccc1CN1CC[C@@H](CNC(=O)N2CCOCC2)C1. The number of morpholine rings is 1. The Morgan fingerprint density at radius 2 is 2.04 bits per heavy atom. The summed E-state index contributed by atoms with van der Waals surface area (Å²) in [5, 5.41) is 3.09. The summed E-state index contributed by atoms with van der Waals surface area (Å²) in [6.45, 7) is 8.87. The van der Waals surface area contributed by atoms with Gasteiger partial charge in [0.2, 0.25) is 0 Å². The molecule has 1 aromatic rings. The van der Waals surface area contributed by atoms with Crippen LogP contribution in [0.15, 0.2) is 24.3 Å². The summed E-state index contributed by atoms with van der Waals surface area (Å²) in [7, 11) is 0. The van der Waals surface area contributed by atoms with E-state index in [1.165, 1.54) is 11.1 Å². The van der Waals surface area contributed by atoms with Crippen molar-refractivity contribution >= 4 is 6.03 Å². The van der Waals surface area contributed by atoms with Gasteiger partial charge >= 0.3 is 6.03 Å². The van der Waals surface area contributed by atoms with E-state index < -0.39 is 0 Å². The van der Waals surface area contributed by atoms with Gasteiger partial charge in [-0.3, -0.25) is 4.90 Å². The molecule has 23 heavy (non-hydrogen) atoms. The van der Waals surface area contributed by atoms with Crippen molar-refractivity contribution in [3.8, 4) is 0 Å². The predicted octanol–water partition coefficient (Wildman–Crippen LogP) is 1.86. The summed E-state index contributed by atoms with van der Waals surface area (Å²) in [6, 6.07) is 8.64. The van der Waals surface area contributed by atoms with Gasteiger partial charge in [0, 0.05) is 32.7 Å². The van der Waals surface area contributed by atoms with Crippen molar-refractivity contribution in [1.82, 2.24) is 15.1 Å². The molecule has 0 radical (unpaired) electrons. The molecule has 1 N–H and O–H groups in total. The molecule has 2 aliphatic rings. The van der Waals surface area contributed by atoms with E-state index in [0.717, 1.165) is 32.6 Å². The third-order valence-corrected chi connectivity index (χ3v) is 4.87. The van der Waals surface area contributed by atoms with Crippen molar-refractivity contribution in [3.05, 3.63) is 35.4 Å². The minimum absolute atomic E-state index is 0.0608. The molecule has 126 valence electrons. The zero-order valence-electron chi connectivity index (χ0n) is 14.0. The molecule has 0 spiro atoms. The standard InChI is InChI=1S/C18H27N3O2/c1-15-4-2-3-5-17(15)14-20-7-6-16(13-20)12-19-18(22)21-8-10-23-11-9-21/h2-5,16H,6-14H2,1H3,(H,19,22)/t16-/m0/s1. The molecular formula is C18H27N3O2. The van der Waals surface area contributed by atoms with E-state index in [9.17, 15) is 4.79 Å². The first-order valence-electron chi connectivity index (χ1n) is 8.60. The molecule has 0 aliphatic carbocycles. The van der Waals surface area contributed by atoms with E-state index in [-0.39, 0.29) is 6.03 Å². The topological polar surface area (TPSA) is 44.8 Å². The number of amides is 2. The molecule has 0 saturated carbocycles. The molecule has 0 unspecified atom stereocenters. The van der Waals surface area contributed by atoms with Crippen molar-refractivity contribution in [1.29, 1.82) is 0 Å². The maximum atomic E-state index is 12.1. The highest BCUT2D eigenvalue weighted by atomic mass is 16.5. The van der Waals surface area contributed by atoms with Crippen molar-refractivity contribution in [2.75, 3.05) is 45.9 Å². The Kier molecular flexibility index (Phi) is 5.51. The lowest BCUT2D eigenvalue weighted by molar-refractivity contribution is 0.0530. The summed E-state index contributed by atoms with van der Waals surface area (Å²) in [5.74, 6) is 0.559. The van der Waals surface area contributed by atoms with Gasteiger partial charge in [-0.05, 0) is 36.9 Å². The van der Waals surface area contributed by atoms with Crippen LogP contribution >= 0.6 is 0 Å². The minimum atomic E-state index is 0.0608. The minimum Gasteiger partial charge on any atom is -0.378 e. The van der Waals surface area contributed by atoms with E-state index in [2.05, 4.69) is 41.4 Å². The number of urea groups is 1. The number of nitrogens with zero attached hydrogens (tertiary/aromatic N) is 2. The third kappa shape index (κ3) is 4.45. The second-order valence-electron chi connectivity index (χ2n) is 6.60. The van der Waals surface area contributed by atoms with Crippen LogP contribution in [0, 0.1) is 12.8 Å². The number of likely N-dealkylation sites (tertiary alicyclic amines) is 1. The highest BCUT2D eigenvalue weighted by Gasteiger charge is 2.24. The summed E-state index contributed by atoms with van der Waals surface area (Å²) >= 11 is 0. The maximum absolute atomic E-state index is 12.1. The van der Waals surface area contributed by atoms with Gasteiger partial charge in [-0.25, -0.2) is 4.79 Å². The molecule has 5 heteroatoms. The van der Waals surface area contributed by atoms with Gasteiger partial charge in [-0.15, -0.1) is 0 Å². The molecule has 2 fully saturated rings. The number of benzene rings is 1. The number of nitrogens with one attached hydrogen (secondary N) is 1. The number of ether oxygens (including phenoxy) is 1. The van der Waals surface area contributed by atoms with Gasteiger partial charge in [0.15, 0.2) is 0 Å². The second-order valence-corrected chi connectivity index (χ2v) is 6.60. The Bertz CT molecular complexity index is 529. The van der Waals surface area contributed by atoms with Crippen LogP contribution in [0.1, 0.15) is 17.5 Å². The molecule has 1 aromatic carbocycles. The molecular weight excluding hydrogens is 290 g/mol. The average molecular weight is 317 g/mol. The Hall–Kier alpha value is -1.59. The molecule has 1 atom stereocenters. The van der Waals surface area contributed by atoms with Gasteiger partial charge in [-0.2, -0.15) is 0 Å². The number of rotatable bonds is 4. The van der Waals surface area contributed by atoms with Crippen LogP contribution in [0.5, 0.6) is 0 Å². The van der Waals surface area contributed by atoms with Gasteiger partial charge < -0.3 is 15.0 Å². The lowest BCUT2D eigenvalue weighted by Gasteiger charge is -2.27. The summed E-state index contributed by atoms with van der Waals surface area (Å²) < 4.78 is 5.28. The van der Waals surface area contributed by atoms with Gasteiger partial charge in [-0.1, -0.05) is 24.3 Å². The van der Waals surface area contributed by atoms with Crippen LogP contribution in [0.2, 0.25) is 0 Å². The van der Waals surface area contributed by atoms with Crippen molar-refractivity contribution in [2.24, 2.45) is 5.92 Å². The van der Waals surface area contributed by atoms with Gasteiger partial charge in [0.05, 0.1) is 13.2 Å². The fraction of sp³-hybridized carbons (Fsp3) is 0.611. The number of hydrogen-bond donors (Lipinski definition) is 1. The molecule has 2 aliphatic heterocycles. The smallest absolute Gasteiger partial charge is 0.317 e. The lowest BCUT2D eigenvalue weighted by atomic mass is 10.1. The Morgan fingerprint density at radius 3 is 2.83 bits per heavy atom. The normalized spacial score (nSPS) is 22.3. The fourth-order valence-corrected chi connectivity index (χ4v) is 3.36. The van der Waals surface area contributed by atoms with Gasteiger partial charge in [0.25, 0.3) is 0 Å². The number of carbonyl (C=O) groups is 1. The largest absolute Gasteiger partial charge is 0.378 e. The lowest BCUT2D eigenvalue weighted by Crippen LogP contribution is -2.47. The highest BCUT2D eigenvalue weighted by Crippen LogP contribution is 2.19. The van der Waals surface area contributed by atoms with Crippen molar-refractivity contribution < 1.29 is 9.53 Å². The van der Waals surface area contributed by atoms with E-state index in [1.54, 1.807) is 0 Å². The monoisotopic (exact) mass is 317 g/mol. The van der Waals surface area contributed by atoms with E-state index >= 15 is 0 Å². The number of aryl methyl sites for hydroxylation is 1. The predicted molar refractivity (Wildman–Crippen MR) is 90.4 cm³/mol. The summed E-state index contributed by atoms with van der Waals surface area (Å²) in [6.07, 6.45) is 1.16. The number of hydrogen-bond acceptors (Lipinski definition) is 3. The maximum Gasteiger partial charge on any atom is 0.317 e. The zero-order valence-corrected chi connectivity index (χ0v) is 14.0. The van der Waals surface area contributed by atoms with Crippen LogP contribution in [0.4, 0.5) is 4.79 Å². The first-order chi connectivity index (χ1) is 11.2. The van der Waals surface area contributed by atoms with Crippen LogP contribution in [-0.4, -0.2) is 61.8 Å². The van der Waals surface area contributed by atoms with Gasteiger partial charge in [0.1, 0.15) is 0 Å².